The van der Waals surface area contributed by atoms with E-state index in [9.17, 15) is 5.11 Å². The molecular formula is C11H20O2. The zero-order valence-corrected chi connectivity index (χ0v) is 9.00. The number of rotatable bonds is 1. The van der Waals surface area contributed by atoms with Crippen LogP contribution in [0.15, 0.2) is 0 Å². The number of ether oxygens (including phenoxy) is 1. The third-order valence-corrected chi connectivity index (χ3v) is 4.59. The molecule has 4 atom stereocenters. The van der Waals surface area contributed by atoms with E-state index >= 15 is 0 Å². The van der Waals surface area contributed by atoms with Crippen molar-refractivity contribution >= 4 is 0 Å². The highest BCUT2D eigenvalue weighted by Crippen LogP contribution is 2.59. The van der Waals surface area contributed by atoms with Gasteiger partial charge in [-0.15, -0.1) is 0 Å². The van der Waals surface area contributed by atoms with Crippen LogP contribution in [0.1, 0.15) is 34.1 Å². The van der Waals surface area contributed by atoms with Gasteiger partial charge in [0.1, 0.15) is 0 Å². The van der Waals surface area contributed by atoms with Gasteiger partial charge in [-0.05, 0) is 24.7 Å². The minimum absolute atomic E-state index is 0.0231. The highest BCUT2D eigenvalue weighted by Gasteiger charge is 2.65. The third-order valence-electron chi connectivity index (χ3n) is 4.59. The molecule has 0 aromatic heterocycles. The Bertz CT molecular complexity index is 224. The predicted molar refractivity (Wildman–Crippen MR) is 51.4 cm³/mol. The topological polar surface area (TPSA) is 32.8 Å². The van der Waals surface area contributed by atoms with E-state index in [0.717, 1.165) is 6.42 Å². The lowest BCUT2D eigenvalue weighted by Crippen LogP contribution is -2.47. The largest absolute Gasteiger partial charge is 0.396 e. The van der Waals surface area contributed by atoms with Gasteiger partial charge in [-0.3, -0.25) is 0 Å². The van der Waals surface area contributed by atoms with E-state index in [4.69, 9.17) is 4.74 Å². The molecule has 13 heavy (non-hydrogen) atoms. The van der Waals surface area contributed by atoms with Gasteiger partial charge in [0.15, 0.2) is 0 Å². The van der Waals surface area contributed by atoms with Crippen molar-refractivity contribution in [2.45, 2.75) is 45.8 Å². The van der Waals surface area contributed by atoms with E-state index in [1.54, 1.807) is 0 Å². The van der Waals surface area contributed by atoms with Crippen LogP contribution < -0.4 is 0 Å². The van der Waals surface area contributed by atoms with Gasteiger partial charge in [-0.1, -0.05) is 20.8 Å². The SMILES string of the molecule is C[C@@H]1C[C@H]2O[C@@]2(C)[C@@H](CO)C1(C)C. The number of hydrogen-bond donors (Lipinski definition) is 1. The summed E-state index contributed by atoms with van der Waals surface area (Å²) in [5.41, 5.74) is 0.182. The molecule has 2 aliphatic rings. The molecule has 1 N–H and O–H groups in total. The van der Waals surface area contributed by atoms with E-state index in [2.05, 4.69) is 27.7 Å². The third kappa shape index (κ3) is 1.08. The number of fused-ring (bicyclic) bond motifs is 1. The summed E-state index contributed by atoms with van der Waals surface area (Å²) in [6.07, 6.45) is 1.56. The van der Waals surface area contributed by atoms with Crippen LogP contribution in [0.3, 0.4) is 0 Å². The molecule has 1 heterocycles. The van der Waals surface area contributed by atoms with Gasteiger partial charge in [0, 0.05) is 12.5 Å². The molecule has 1 saturated carbocycles. The molecule has 2 rings (SSSR count). The van der Waals surface area contributed by atoms with Crippen molar-refractivity contribution in [2.24, 2.45) is 17.3 Å². The Morgan fingerprint density at radius 2 is 2.00 bits per heavy atom. The van der Waals surface area contributed by atoms with Crippen molar-refractivity contribution in [3.63, 3.8) is 0 Å². The predicted octanol–water partition coefficient (Wildman–Crippen LogP) is 1.82. The maximum atomic E-state index is 9.43. The molecular weight excluding hydrogens is 164 g/mol. The summed E-state index contributed by atoms with van der Waals surface area (Å²) < 4.78 is 5.71. The normalized spacial score (nSPS) is 52.8. The maximum absolute atomic E-state index is 9.43. The van der Waals surface area contributed by atoms with Crippen LogP contribution in [0.25, 0.3) is 0 Å². The van der Waals surface area contributed by atoms with Crippen molar-refractivity contribution in [3.8, 4) is 0 Å². The van der Waals surface area contributed by atoms with Crippen LogP contribution in [0.4, 0.5) is 0 Å². The second-order valence-electron chi connectivity index (χ2n) is 5.48. The summed E-state index contributed by atoms with van der Waals surface area (Å²) in [6.45, 7) is 9.17. The Balaban J connectivity index is 2.27. The van der Waals surface area contributed by atoms with Crippen molar-refractivity contribution in [3.05, 3.63) is 0 Å². The molecule has 1 aliphatic heterocycles. The summed E-state index contributed by atoms with van der Waals surface area (Å²) in [5.74, 6) is 0.943. The zero-order valence-electron chi connectivity index (χ0n) is 9.00. The molecule has 1 saturated heterocycles. The van der Waals surface area contributed by atoms with Crippen molar-refractivity contribution < 1.29 is 9.84 Å². The fourth-order valence-corrected chi connectivity index (χ4v) is 2.98. The number of epoxide rings is 1. The summed E-state index contributed by atoms with van der Waals surface area (Å²) in [5, 5.41) is 9.43. The monoisotopic (exact) mass is 184 g/mol. The summed E-state index contributed by atoms with van der Waals surface area (Å²) in [6, 6.07) is 0. The number of aliphatic hydroxyl groups excluding tert-OH is 1. The van der Waals surface area contributed by atoms with Gasteiger partial charge in [0.25, 0.3) is 0 Å². The molecule has 0 bridgehead atoms. The molecule has 2 nitrogen and oxygen atoms in total. The molecule has 2 heteroatoms. The Morgan fingerprint density at radius 1 is 1.38 bits per heavy atom. The quantitative estimate of drug-likeness (QED) is 0.630. The molecule has 0 aromatic rings. The van der Waals surface area contributed by atoms with Crippen LogP contribution >= 0.6 is 0 Å². The van der Waals surface area contributed by atoms with Gasteiger partial charge in [-0.2, -0.15) is 0 Å². The molecule has 1 aliphatic carbocycles. The first-order chi connectivity index (χ1) is 5.93. The molecule has 2 fully saturated rings. The molecule has 0 unspecified atom stereocenters. The first kappa shape index (κ1) is 9.47. The number of hydrogen-bond acceptors (Lipinski definition) is 2. The summed E-state index contributed by atoms with van der Waals surface area (Å²) >= 11 is 0. The van der Waals surface area contributed by atoms with Crippen LogP contribution in [0.5, 0.6) is 0 Å². The molecule has 0 aromatic carbocycles. The lowest BCUT2D eigenvalue weighted by atomic mass is 9.59. The molecule has 0 amide bonds. The number of aliphatic hydroxyl groups is 1. The van der Waals surface area contributed by atoms with E-state index < -0.39 is 0 Å². The van der Waals surface area contributed by atoms with E-state index in [1.165, 1.54) is 0 Å². The molecule has 0 radical (unpaired) electrons. The van der Waals surface area contributed by atoms with Gasteiger partial charge >= 0.3 is 0 Å². The highest BCUT2D eigenvalue weighted by atomic mass is 16.6. The lowest BCUT2D eigenvalue weighted by Gasteiger charge is -2.44. The standard InChI is InChI=1S/C11H20O2/c1-7-5-9-11(4,13-9)8(6-12)10(7,2)3/h7-9,12H,5-6H2,1-4H3/t7-,8+,9-,11+/m1/s1. The lowest BCUT2D eigenvalue weighted by molar-refractivity contribution is 0.00666. The van der Waals surface area contributed by atoms with Crippen LogP contribution in [0.2, 0.25) is 0 Å². The van der Waals surface area contributed by atoms with E-state index in [-0.39, 0.29) is 17.6 Å². The fourth-order valence-electron chi connectivity index (χ4n) is 2.98. The molecule has 0 spiro atoms. The average molecular weight is 184 g/mol. The van der Waals surface area contributed by atoms with Gasteiger partial charge in [0.2, 0.25) is 0 Å². The Labute approximate surface area is 80.3 Å². The second-order valence-corrected chi connectivity index (χ2v) is 5.48. The van der Waals surface area contributed by atoms with Crippen LogP contribution in [-0.2, 0) is 4.74 Å². The van der Waals surface area contributed by atoms with Gasteiger partial charge < -0.3 is 9.84 Å². The second kappa shape index (κ2) is 2.48. The van der Waals surface area contributed by atoms with Gasteiger partial charge in [-0.25, -0.2) is 0 Å². The highest BCUT2D eigenvalue weighted by molar-refractivity contribution is 5.13. The Morgan fingerprint density at radius 3 is 2.54 bits per heavy atom. The summed E-state index contributed by atoms with van der Waals surface area (Å²) in [7, 11) is 0. The van der Waals surface area contributed by atoms with E-state index in [0.29, 0.717) is 17.9 Å². The zero-order chi connectivity index (χ0) is 9.85. The first-order valence-corrected chi connectivity index (χ1v) is 5.21. The van der Waals surface area contributed by atoms with Crippen LogP contribution in [0, 0.1) is 17.3 Å². The fraction of sp³-hybridized carbons (Fsp3) is 1.00. The average Bonchev–Trinajstić information content (AvgIpc) is 2.61. The first-order valence-electron chi connectivity index (χ1n) is 5.21. The Hall–Kier alpha value is -0.0800. The Kier molecular flexibility index (Phi) is 1.81. The van der Waals surface area contributed by atoms with E-state index in [1.807, 2.05) is 0 Å². The van der Waals surface area contributed by atoms with Crippen molar-refractivity contribution in [1.82, 2.24) is 0 Å². The van der Waals surface area contributed by atoms with Gasteiger partial charge in [0.05, 0.1) is 11.7 Å². The summed E-state index contributed by atoms with van der Waals surface area (Å²) in [4.78, 5) is 0. The smallest absolute Gasteiger partial charge is 0.0975 e. The van der Waals surface area contributed by atoms with Crippen molar-refractivity contribution in [2.75, 3.05) is 6.61 Å². The minimum atomic E-state index is -0.0231. The minimum Gasteiger partial charge on any atom is -0.396 e. The van der Waals surface area contributed by atoms with Crippen molar-refractivity contribution in [1.29, 1.82) is 0 Å². The van der Waals surface area contributed by atoms with Crippen LogP contribution in [-0.4, -0.2) is 23.4 Å². The maximum Gasteiger partial charge on any atom is 0.0975 e. The molecule has 76 valence electrons.